The number of halogens is 4. The van der Waals surface area contributed by atoms with Crippen LogP contribution >= 0.6 is 0 Å². The van der Waals surface area contributed by atoms with E-state index in [4.69, 9.17) is 0 Å². The molecule has 1 aromatic carbocycles. The number of allylic oxidation sites excluding steroid dienone is 2. The number of carboxylic acid groups (broad SMARTS) is 1. The minimum atomic E-state index is -4.91. The highest BCUT2D eigenvalue weighted by Crippen LogP contribution is 2.38. The van der Waals surface area contributed by atoms with Crippen LogP contribution in [-0.2, 0) is 15.8 Å². The third-order valence-electron chi connectivity index (χ3n) is 3.24. The second-order valence-corrected chi connectivity index (χ2v) is 4.90. The van der Waals surface area contributed by atoms with Crippen molar-refractivity contribution >= 4 is 11.9 Å². The zero-order valence-corrected chi connectivity index (χ0v) is 12.4. The van der Waals surface area contributed by atoms with Crippen LogP contribution in [0.1, 0.15) is 18.4 Å². The second kappa shape index (κ2) is 7.29. The summed E-state index contributed by atoms with van der Waals surface area (Å²) in [5.74, 6) is -5.26. The van der Waals surface area contributed by atoms with Gasteiger partial charge in [0.1, 0.15) is 11.6 Å². The number of hydrogen-bond acceptors (Lipinski definition) is 3. The number of rotatable bonds is 7. The zero-order valence-electron chi connectivity index (χ0n) is 12.4. The van der Waals surface area contributed by atoms with Crippen LogP contribution in [0.2, 0.25) is 0 Å². The first-order valence-electron chi connectivity index (χ1n) is 6.62. The number of carbonyl (C=O) groups is 2. The van der Waals surface area contributed by atoms with Gasteiger partial charge in [0.05, 0.1) is 5.56 Å². The predicted molar refractivity (Wildman–Crippen MR) is 76.7 cm³/mol. The van der Waals surface area contributed by atoms with E-state index in [1.165, 1.54) is 0 Å². The van der Waals surface area contributed by atoms with E-state index in [-0.39, 0.29) is 0 Å². The lowest BCUT2D eigenvalue weighted by Gasteiger charge is -2.25. The summed E-state index contributed by atoms with van der Waals surface area (Å²) in [6.07, 6.45) is -3.47. The smallest absolute Gasteiger partial charge is 0.419 e. The van der Waals surface area contributed by atoms with Gasteiger partial charge in [-0.1, -0.05) is 12.2 Å². The summed E-state index contributed by atoms with van der Waals surface area (Å²) in [5.41, 5.74) is -3.59. The van der Waals surface area contributed by atoms with Gasteiger partial charge in [-0.25, -0.2) is 4.39 Å². The maximum atomic E-state index is 13.2. The quantitative estimate of drug-likeness (QED) is 0.267. The van der Waals surface area contributed by atoms with Gasteiger partial charge in [0.2, 0.25) is 0 Å². The highest BCUT2D eigenvalue weighted by Gasteiger charge is 2.47. The minimum Gasteiger partial charge on any atom is -0.480 e. The Morgan fingerprint density at radius 3 is 2.12 bits per heavy atom. The van der Waals surface area contributed by atoms with Crippen LogP contribution < -0.4 is 4.74 Å². The Labute approximate surface area is 135 Å². The van der Waals surface area contributed by atoms with Crippen molar-refractivity contribution in [1.82, 2.24) is 0 Å². The highest BCUT2D eigenvalue weighted by atomic mass is 19.4. The fourth-order valence-electron chi connectivity index (χ4n) is 2.02. The van der Waals surface area contributed by atoms with Crippen molar-refractivity contribution in [3.8, 4) is 5.75 Å². The molecule has 0 amide bonds. The van der Waals surface area contributed by atoms with Crippen molar-refractivity contribution in [1.29, 1.82) is 0 Å². The summed E-state index contributed by atoms with van der Waals surface area (Å²) in [7, 11) is 0. The molecule has 24 heavy (non-hydrogen) atoms. The third-order valence-corrected chi connectivity index (χ3v) is 3.24. The van der Waals surface area contributed by atoms with E-state index < -0.39 is 53.5 Å². The number of aliphatic carboxylic acids is 1. The Hall–Kier alpha value is -2.64. The highest BCUT2D eigenvalue weighted by molar-refractivity contribution is 6.00. The van der Waals surface area contributed by atoms with Crippen molar-refractivity contribution in [2.24, 2.45) is 5.41 Å². The molecule has 8 heteroatoms. The van der Waals surface area contributed by atoms with E-state index in [1.54, 1.807) is 0 Å². The molecule has 0 atom stereocenters. The van der Waals surface area contributed by atoms with E-state index in [2.05, 4.69) is 17.9 Å². The summed E-state index contributed by atoms with van der Waals surface area (Å²) in [6.45, 7) is 6.65. The van der Waals surface area contributed by atoms with E-state index in [9.17, 15) is 32.3 Å². The Kier molecular flexibility index (Phi) is 5.89. The standard InChI is InChI=1S/C16H14F4O4/c1-3-7-15(8-4-2,13(21)22)14(23)24-12-9-10(17)5-6-11(12)16(18,19)20/h3-6,9H,1-2,7-8H2,(H,21,22). The molecular formula is C16H14F4O4. The van der Waals surface area contributed by atoms with Crippen molar-refractivity contribution in [3.63, 3.8) is 0 Å². The van der Waals surface area contributed by atoms with Crippen molar-refractivity contribution in [3.05, 3.63) is 54.9 Å². The number of alkyl halides is 3. The molecule has 0 aromatic heterocycles. The van der Waals surface area contributed by atoms with Gasteiger partial charge in [-0.15, -0.1) is 13.2 Å². The van der Waals surface area contributed by atoms with Crippen LogP contribution in [0, 0.1) is 11.2 Å². The summed E-state index contributed by atoms with van der Waals surface area (Å²) in [6, 6.07) is 1.33. The van der Waals surface area contributed by atoms with Gasteiger partial charge in [0.25, 0.3) is 0 Å². The average molecular weight is 346 g/mol. The van der Waals surface area contributed by atoms with Crippen LogP contribution in [0.25, 0.3) is 0 Å². The molecule has 0 fully saturated rings. The number of esters is 1. The Bertz CT molecular complexity index is 655. The molecule has 0 radical (unpaired) electrons. The normalized spacial score (nSPS) is 11.7. The molecule has 0 bridgehead atoms. The number of carbonyl (C=O) groups excluding carboxylic acids is 1. The van der Waals surface area contributed by atoms with Gasteiger partial charge in [-0.05, 0) is 25.0 Å². The molecule has 0 aliphatic carbocycles. The molecule has 0 aliphatic heterocycles. The van der Waals surface area contributed by atoms with Crippen LogP contribution in [0.15, 0.2) is 43.5 Å². The molecule has 0 heterocycles. The molecule has 1 aromatic rings. The average Bonchev–Trinajstić information content (AvgIpc) is 2.45. The lowest BCUT2D eigenvalue weighted by atomic mass is 9.81. The number of ether oxygens (including phenoxy) is 1. The van der Waals surface area contributed by atoms with Crippen molar-refractivity contribution in [2.45, 2.75) is 19.0 Å². The number of benzene rings is 1. The van der Waals surface area contributed by atoms with Gasteiger partial charge in [-0.2, -0.15) is 13.2 Å². The topological polar surface area (TPSA) is 63.6 Å². The maximum absolute atomic E-state index is 13.2. The van der Waals surface area contributed by atoms with E-state index in [1.807, 2.05) is 0 Å². The molecule has 0 saturated carbocycles. The first kappa shape index (κ1) is 19.4. The number of hydrogen-bond donors (Lipinski definition) is 1. The summed E-state index contributed by atoms with van der Waals surface area (Å²) in [4.78, 5) is 23.7. The largest absolute Gasteiger partial charge is 0.480 e. The SMILES string of the molecule is C=CCC(CC=C)(C(=O)O)C(=O)Oc1cc(F)ccc1C(F)(F)F. The van der Waals surface area contributed by atoms with Gasteiger partial charge in [0, 0.05) is 6.07 Å². The lowest BCUT2D eigenvalue weighted by molar-refractivity contribution is -0.163. The van der Waals surface area contributed by atoms with Crippen LogP contribution in [0.5, 0.6) is 5.75 Å². The van der Waals surface area contributed by atoms with Gasteiger partial charge < -0.3 is 9.84 Å². The molecule has 0 saturated heterocycles. The summed E-state index contributed by atoms with van der Waals surface area (Å²) in [5, 5.41) is 9.33. The fraction of sp³-hybridized carbons (Fsp3) is 0.250. The molecule has 1 rings (SSSR count). The van der Waals surface area contributed by atoms with Crippen molar-refractivity contribution < 1.29 is 37.0 Å². The molecule has 4 nitrogen and oxygen atoms in total. The minimum absolute atomic E-state index is 0.370. The van der Waals surface area contributed by atoms with E-state index in [0.717, 1.165) is 12.2 Å². The molecule has 0 spiro atoms. The van der Waals surface area contributed by atoms with Crippen LogP contribution in [0.4, 0.5) is 17.6 Å². The van der Waals surface area contributed by atoms with Crippen LogP contribution in [0.3, 0.4) is 0 Å². The number of carboxylic acids is 1. The molecule has 0 aliphatic rings. The van der Waals surface area contributed by atoms with Crippen LogP contribution in [-0.4, -0.2) is 17.0 Å². The fourth-order valence-corrected chi connectivity index (χ4v) is 2.02. The Balaban J connectivity index is 3.34. The first-order chi connectivity index (χ1) is 11.1. The Morgan fingerprint density at radius 2 is 1.71 bits per heavy atom. The van der Waals surface area contributed by atoms with E-state index >= 15 is 0 Å². The maximum Gasteiger partial charge on any atom is 0.419 e. The lowest BCUT2D eigenvalue weighted by Crippen LogP contribution is -2.41. The molecule has 130 valence electrons. The summed E-state index contributed by atoms with van der Waals surface area (Å²) >= 11 is 0. The predicted octanol–water partition coefficient (Wildman–Crippen LogP) is 3.97. The van der Waals surface area contributed by atoms with Gasteiger partial charge in [0.15, 0.2) is 5.41 Å². The van der Waals surface area contributed by atoms with E-state index in [0.29, 0.717) is 18.2 Å². The monoisotopic (exact) mass is 346 g/mol. The summed E-state index contributed by atoms with van der Waals surface area (Å²) < 4.78 is 56.6. The zero-order chi connectivity index (χ0) is 18.5. The first-order valence-corrected chi connectivity index (χ1v) is 6.62. The molecule has 0 unspecified atom stereocenters. The van der Waals surface area contributed by atoms with Gasteiger partial charge in [-0.3, -0.25) is 9.59 Å². The van der Waals surface area contributed by atoms with Gasteiger partial charge >= 0.3 is 18.1 Å². The molecular weight excluding hydrogens is 332 g/mol. The Morgan fingerprint density at radius 1 is 1.17 bits per heavy atom. The second-order valence-electron chi connectivity index (χ2n) is 4.90. The van der Waals surface area contributed by atoms with Crippen molar-refractivity contribution in [2.75, 3.05) is 0 Å². The third kappa shape index (κ3) is 4.01. The molecule has 1 N–H and O–H groups in total.